The molecule has 1 atom stereocenters. The number of likely N-dealkylation sites (tertiary alicyclic amines) is 1. The third-order valence-electron chi connectivity index (χ3n) is 7.88. The van der Waals surface area contributed by atoms with E-state index in [1.165, 1.54) is 16.5 Å². The Morgan fingerprint density at radius 2 is 1.90 bits per heavy atom. The quantitative estimate of drug-likeness (QED) is 0.217. The number of nitrogens with one attached hydrogen (secondary N) is 3. The lowest BCUT2D eigenvalue weighted by Crippen LogP contribution is -2.55. The fourth-order valence-electron chi connectivity index (χ4n) is 5.65. The Labute approximate surface area is 239 Å². The standard InChI is InChI=1S/C32H35ClN4O3/c1-21(33)32(38)34-26-6-3-5-24(19-26)22-14-17-37(18-15-22)16-4-7-28-29-20-27(40-2)12-13-30(29)35-31(28)23-8-10-25(36-39)11-9-23/h3,5-6,8-13,19-22,35H,4,7,14-18H2,1-2H3,(H,34,38)/p+1. The van der Waals surface area contributed by atoms with Crippen molar-refractivity contribution in [1.82, 2.24) is 9.88 Å². The van der Waals surface area contributed by atoms with Gasteiger partial charge in [-0.25, -0.2) is 0 Å². The minimum atomic E-state index is -0.559. The van der Waals surface area contributed by atoms with Crippen molar-refractivity contribution >= 4 is 39.8 Å². The van der Waals surface area contributed by atoms with E-state index in [-0.39, 0.29) is 5.91 Å². The van der Waals surface area contributed by atoms with Crippen LogP contribution >= 0.6 is 11.6 Å². The number of hydrogen-bond acceptors (Lipinski definition) is 4. The number of aromatic amines is 1. The number of methoxy groups -OCH3 is 1. The van der Waals surface area contributed by atoms with Crippen molar-refractivity contribution in [3.63, 3.8) is 0 Å². The van der Waals surface area contributed by atoms with E-state index in [1.54, 1.807) is 14.0 Å². The second-order valence-electron chi connectivity index (χ2n) is 10.5. The van der Waals surface area contributed by atoms with E-state index in [0.717, 1.165) is 73.5 Å². The highest BCUT2D eigenvalue weighted by Gasteiger charge is 2.22. The maximum atomic E-state index is 12.0. The number of anilines is 1. The fourth-order valence-corrected chi connectivity index (χ4v) is 5.70. The number of benzene rings is 3. The van der Waals surface area contributed by atoms with E-state index >= 15 is 0 Å². The minimum Gasteiger partial charge on any atom is -0.497 e. The van der Waals surface area contributed by atoms with Crippen molar-refractivity contribution in [3.8, 4) is 17.0 Å². The molecule has 0 spiro atoms. The van der Waals surface area contributed by atoms with E-state index in [0.29, 0.717) is 11.6 Å². The van der Waals surface area contributed by atoms with Gasteiger partial charge in [0, 0.05) is 44.5 Å². The van der Waals surface area contributed by atoms with Gasteiger partial charge in [0.05, 0.1) is 7.11 Å². The van der Waals surface area contributed by atoms with Crippen LogP contribution in [0.1, 0.15) is 43.2 Å². The van der Waals surface area contributed by atoms with Gasteiger partial charge in [0.1, 0.15) is 11.1 Å². The molecule has 0 aliphatic carbocycles. The molecule has 1 fully saturated rings. The number of nitrogens with zero attached hydrogens (tertiary/aromatic N) is 1. The van der Waals surface area contributed by atoms with Gasteiger partial charge in [-0.15, -0.1) is 11.6 Å². The molecular weight excluding hydrogens is 524 g/mol. The Morgan fingerprint density at radius 1 is 1.12 bits per heavy atom. The minimum absolute atomic E-state index is 0.179. The summed E-state index contributed by atoms with van der Waals surface area (Å²) in [6.45, 7) is 4.82. The third kappa shape index (κ3) is 6.37. The molecule has 40 heavy (non-hydrogen) atoms. The van der Waals surface area contributed by atoms with Gasteiger partial charge in [-0.2, -0.15) is 0 Å². The Kier molecular flexibility index (Phi) is 8.82. The van der Waals surface area contributed by atoms with Crippen LogP contribution < -0.4 is 15.2 Å². The first-order chi connectivity index (χ1) is 19.4. The number of ether oxygens (including phenoxy) is 1. The molecule has 1 saturated heterocycles. The summed E-state index contributed by atoms with van der Waals surface area (Å²) in [6, 6.07) is 21.9. The number of carbonyl (C=O) groups is 1. The first-order valence-electron chi connectivity index (χ1n) is 13.9. The molecule has 1 aliphatic heterocycles. The Bertz CT molecular complexity index is 1470. The number of fused-ring (bicyclic) bond motifs is 1. The number of rotatable bonds is 10. The highest BCUT2D eigenvalue weighted by molar-refractivity contribution is 6.32. The summed E-state index contributed by atoms with van der Waals surface area (Å²) in [4.78, 5) is 29.2. The predicted molar refractivity (Wildman–Crippen MR) is 161 cm³/mol. The highest BCUT2D eigenvalue weighted by atomic mass is 35.5. The molecule has 0 bridgehead atoms. The van der Waals surface area contributed by atoms with Crippen molar-refractivity contribution in [1.29, 1.82) is 0 Å². The number of carbonyl (C=O) groups excluding carboxylic acids is 1. The Morgan fingerprint density at radius 3 is 2.60 bits per heavy atom. The number of alkyl halides is 1. The van der Waals surface area contributed by atoms with Crippen LogP contribution in [0.4, 0.5) is 11.4 Å². The Hall–Kier alpha value is -3.68. The molecule has 1 aromatic heterocycles. The molecule has 7 nitrogen and oxygen atoms in total. The number of nitroso groups, excluding NO2 is 1. The smallest absolute Gasteiger partial charge is 0.253 e. The van der Waals surface area contributed by atoms with Gasteiger partial charge >= 0.3 is 0 Å². The van der Waals surface area contributed by atoms with Gasteiger partial charge in [0.15, 0.2) is 0 Å². The summed E-state index contributed by atoms with van der Waals surface area (Å²) >= 11 is 5.91. The molecule has 4 aromatic rings. The molecule has 0 saturated carbocycles. The summed E-state index contributed by atoms with van der Waals surface area (Å²) in [7, 11) is 1.69. The molecule has 2 heterocycles. The number of hydrogen-bond donors (Lipinski definition) is 3. The van der Waals surface area contributed by atoms with Crippen LogP contribution in [0.5, 0.6) is 5.75 Å². The van der Waals surface area contributed by atoms with Crippen molar-refractivity contribution in [2.75, 3.05) is 32.1 Å². The molecule has 1 aliphatic rings. The summed E-state index contributed by atoms with van der Waals surface area (Å²) in [5, 5.41) is 5.48. The maximum absolute atomic E-state index is 12.0. The van der Waals surface area contributed by atoms with Gasteiger partial charge in [-0.3, -0.25) is 4.79 Å². The van der Waals surface area contributed by atoms with Gasteiger partial charge in [0.2, 0.25) is 5.91 Å². The van der Waals surface area contributed by atoms with Crippen LogP contribution in [0.3, 0.4) is 0 Å². The van der Waals surface area contributed by atoms with E-state index in [4.69, 9.17) is 16.3 Å². The number of halogens is 1. The highest BCUT2D eigenvalue weighted by Crippen LogP contribution is 2.34. The number of aromatic nitrogens is 1. The summed E-state index contributed by atoms with van der Waals surface area (Å²) in [5.74, 6) is 1.15. The summed E-state index contributed by atoms with van der Waals surface area (Å²) < 4.78 is 5.51. The fraction of sp³-hybridized carbons (Fsp3) is 0.344. The van der Waals surface area contributed by atoms with Gasteiger partial charge < -0.3 is 19.9 Å². The molecule has 1 amide bonds. The van der Waals surface area contributed by atoms with Crippen molar-refractivity contribution in [2.45, 2.75) is 43.9 Å². The normalized spacial score (nSPS) is 15.2. The molecule has 0 radical (unpaired) electrons. The van der Waals surface area contributed by atoms with Crippen molar-refractivity contribution < 1.29 is 14.7 Å². The number of aryl methyl sites for hydroxylation is 1. The number of amides is 1. The SMILES string of the molecule is COc1ccc2[nH]c(-c3ccc([NH+]=O)cc3)c(CCCN3CCC(c4cccc(NC(=O)C(C)Cl)c4)CC3)c2c1. The van der Waals surface area contributed by atoms with Crippen LogP contribution in [-0.4, -0.2) is 47.9 Å². The van der Waals surface area contributed by atoms with Gasteiger partial charge in [-0.1, -0.05) is 12.1 Å². The van der Waals surface area contributed by atoms with Crippen LogP contribution in [0.15, 0.2) is 66.7 Å². The topological polar surface area (TPSA) is 88.4 Å². The van der Waals surface area contributed by atoms with Crippen LogP contribution in [-0.2, 0) is 11.2 Å². The average molecular weight is 560 g/mol. The predicted octanol–water partition coefficient (Wildman–Crippen LogP) is 5.70. The lowest BCUT2D eigenvalue weighted by atomic mass is 9.89. The Balaban J connectivity index is 1.23. The first kappa shape index (κ1) is 27.9. The largest absolute Gasteiger partial charge is 0.497 e. The summed E-state index contributed by atoms with van der Waals surface area (Å²) in [5.41, 5.74) is 7.14. The van der Waals surface area contributed by atoms with Gasteiger partial charge in [0.25, 0.3) is 5.69 Å². The van der Waals surface area contributed by atoms with Crippen LogP contribution in [0, 0.1) is 4.91 Å². The number of piperidine rings is 1. The number of H-pyrrole nitrogens is 1. The molecule has 1 unspecified atom stereocenters. The van der Waals surface area contributed by atoms with E-state index < -0.39 is 5.38 Å². The zero-order chi connectivity index (χ0) is 28.1. The monoisotopic (exact) mass is 559 g/mol. The molecule has 3 aromatic carbocycles. The van der Waals surface area contributed by atoms with E-state index in [9.17, 15) is 9.70 Å². The van der Waals surface area contributed by atoms with Crippen LogP contribution in [0.25, 0.3) is 22.2 Å². The lowest BCUT2D eigenvalue weighted by Gasteiger charge is -2.32. The maximum Gasteiger partial charge on any atom is 0.253 e. The van der Waals surface area contributed by atoms with Crippen molar-refractivity contribution in [2.24, 2.45) is 0 Å². The molecule has 5 rings (SSSR count). The molecule has 3 N–H and O–H groups in total. The second kappa shape index (κ2) is 12.7. The molecular formula is C32H36ClN4O3+. The van der Waals surface area contributed by atoms with E-state index in [1.807, 2.05) is 47.6 Å². The summed E-state index contributed by atoms with van der Waals surface area (Å²) in [6.07, 6.45) is 4.17. The molecule has 208 valence electrons. The average Bonchev–Trinajstić information content (AvgIpc) is 3.35. The zero-order valence-electron chi connectivity index (χ0n) is 23.0. The van der Waals surface area contributed by atoms with Crippen molar-refractivity contribution in [3.05, 3.63) is 82.8 Å². The van der Waals surface area contributed by atoms with E-state index in [2.05, 4.69) is 39.5 Å². The zero-order valence-corrected chi connectivity index (χ0v) is 23.8. The van der Waals surface area contributed by atoms with Crippen LogP contribution in [0.2, 0.25) is 0 Å². The lowest BCUT2D eigenvalue weighted by molar-refractivity contribution is -0.379. The third-order valence-corrected chi connectivity index (χ3v) is 8.08. The van der Waals surface area contributed by atoms with Gasteiger partial charge in [-0.05, 0) is 117 Å². The second-order valence-corrected chi connectivity index (χ2v) is 11.2. The molecule has 8 heteroatoms. The first-order valence-corrected chi connectivity index (χ1v) is 14.3.